The SMILES string of the molecule is O=S(=O)(CCCO)N1CCC(c2ccc3nc(OC4CCN(c5ncc(Cl)cn5)CC4)sc3c2)CC1. The van der Waals surface area contributed by atoms with E-state index in [0.29, 0.717) is 35.2 Å². The van der Waals surface area contributed by atoms with Crippen molar-refractivity contribution in [2.45, 2.75) is 44.1 Å². The normalized spacial score (nSPS) is 18.7. The molecule has 0 spiro atoms. The molecule has 0 radical (unpaired) electrons. The number of rotatable bonds is 8. The molecule has 1 N–H and O–H groups in total. The Morgan fingerprint density at radius 2 is 1.81 bits per heavy atom. The lowest BCUT2D eigenvalue weighted by atomic mass is 9.90. The number of thiazole rings is 1. The lowest BCUT2D eigenvalue weighted by molar-refractivity contribution is 0.170. The van der Waals surface area contributed by atoms with Crippen LogP contribution in [-0.2, 0) is 10.0 Å². The maximum Gasteiger partial charge on any atom is 0.274 e. The zero-order chi connectivity index (χ0) is 25.1. The number of ether oxygens (including phenoxy) is 1. The van der Waals surface area contributed by atoms with Crippen LogP contribution in [0, 0.1) is 0 Å². The van der Waals surface area contributed by atoms with Crippen LogP contribution in [0.1, 0.15) is 43.6 Å². The quantitative estimate of drug-likeness (QED) is 0.451. The molecule has 12 heteroatoms. The fraction of sp³-hybridized carbons (Fsp3) is 0.542. The zero-order valence-corrected chi connectivity index (χ0v) is 22.3. The minimum absolute atomic E-state index is 0.0116. The Morgan fingerprint density at radius 1 is 1.08 bits per heavy atom. The number of halogens is 1. The molecule has 2 aliphatic heterocycles. The van der Waals surface area contributed by atoms with Gasteiger partial charge < -0.3 is 14.7 Å². The van der Waals surface area contributed by atoms with Crippen molar-refractivity contribution >= 4 is 49.1 Å². The Bertz CT molecular complexity index is 1270. The molecule has 194 valence electrons. The molecule has 0 saturated carbocycles. The van der Waals surface area contributed by atoms with Gasteiger partial charge in [0.2, 0.25) is 16.0 Å². The number of hydrogen-bond acceptors (Lipinski definition) is 9. The van der Waals surface area contributed by atoms with Gasteiger partial charge in [0.15, 0.2) is 0 Å². The maximum absolute atomic E-state index is 12.4. The van der Waals surface area contributed by atoms with E-state index in [-0.39, 0.29) is 24.9 Å². The second-order valence-electron chi connectivity index (χ2n) is 9.28. The summed E-state index contributed by atoms with van der Waals surface area (Å²) in [5, 5.41) is 10.2. The van der Waals surface area contributed by atoms with Gasteiger partial charge in [0.05, 0.1) is 33.4 Å². The second-order valence-corrected chi connectivity index (χ2v) is 12.8. The van der Waals surface area contributed by atoms with E-state index >= 15 is 0 Å². The van der Waals surface area contributed by atoms with E-state index in [1.807, 2.05) is 6.07 Å². The lowest BCUT2D eigenvalue weighted by Crippen LogP contribution is -2.39. The van der Waals surface area contributed by atoms with Crippen LogP contribution in [0.25, 0.3) is 10.2 Å². The number of aromatic nitrogens is 3. The average Bonchev–Trinajstić information content (AvgIpc) is 3.30. The van der Waals surface area contributed by atoms with Crippen molar-refractivity contribution in [1.82, 2.24) is 19.3 Å². The molecule has 0 bridgehead atoms. The van der Waals surface area contributed by atoms with Crippen LogP contribution in [0.3, 0.4) is 0 Å². The topological polar surface area (TPSA) is 109 Å². The first-order valence-electron chi connectivity index (χ1n) is 12.3. The number of nitrogens with zero attached hydrogens (tertiary/aromatic N) is 5. The van der Waals surface area contributed by atoms with Crippen molar-refractivity contribution in [3.8, 4) is 5.19 Å². The lowest BCUT2D eigenvalue weighted by Gasteiger charge is -2.31. The Labute approximate surface area is 220 Å². The van der Waals surface area contributed by atoms with E-state index in [4.69, 9.17) is 21.4 Å². The highest BCUT2D eigenvalue weighted by Crippen LogP contribution is 2.35. The summed E-state index contributed by atoms with van der Waals surface area (Å²) in [4.78, 5) is 15.4. The summed E-state index contributed by atoms with van der Waals surface area (Å²) in [5.74, 6) is 1.03. The number of hydrogen-bond donors (Lipinski definition) is 1. The highest BCUT2D eigenvalue weighted by molar-refractivity contribution is 7.89. The Kier molecular flexibility index (Phi) is 7.92. The summed E-state index contributed by atoms with van der Waals surface area (Å²) in [6, 6.07) is 6.33. The van der Waals surface area contributed by atoms with Gasteiger partial charge in [-0.3, -0.25) is 0 Å². The van der Waals surface area contributed by atoms with Gasteiger partial charge in [-0.15, -0.1) is 0 Å². The van der Waals surface area contributed by atoms with E-state index < -0.39 is 10.0 Å². The molecule has 36 heavy (non-hydrogen) atoms. The number of fused-ring (bicyclic) bond motifs is 1. The largest absolute Gasteiger partial charge is 0.467 e. The molecule has 2 aliphatic rings. The summed E-state index contributed by atoms with van der Waals surface area (Å²) in [6.07, 6.45) is 6.94. The smallest absolute Gasteiger partial charge is 0.274 e. The van der Waals surface area contributed by atoms with Gasteiger partial charge >= 0.3 is 0 Å². The Balaban J connectivity index is 1.17. The molecular weight excluding hydrogens is 522 g/mol. The summed E-state index contributed by atoms with van der Waals surface area (Å²) < 4.78 is 33.7. The third-order valence-corrected chi connectivity index (χ3v) is 9.93. The molecule has 0 aliphatic carbocycles. The fourth-order valence-electron chi connectivity index (χ4n) is 4.85. The number of benzene rings is 1. The molecule has 1 aromatic carbocycles. The molecule has 4 heterocycles. The van der Waals surface area contributed by atoms with Crippen LogP contribution in [0.15, 0.2) is 30.6 Å². The van der Waals surface area contributed by atoms with E-state index in [1.165, 1.54) is 5.56 Å². The molecule has 2 fully saturated rings. The molecular formula is C24H30ClN5O4S2. The van der Waals surface area contributed by atoms with E-state index in [9.17, 15) is 8.42 Å². The summed E-state index contributed by atoms with van der Waals surface area (Å²) in [7, 11) is -3.28. The summed E-state index contributed by atoms with van der Waals surface area (Å²) >= 11 is 7.45. The van der Waals surface area contributed by atoms with Crippen molar-refractivity contribution in [1.29, 1.82) is 0 Å². The van der Waals surface area contributed by atoms with Crippen molar-refractivity contribution in [3.63, 3.8) is 0 Å². The highest BCUT2D eigenvalue weighted by atomic mass is 35.5. The number of sulfonamides is 1. The predicted molar refractivity (Wildman–Crippen MR) is 142 cm³/mol. The van der Waals surface area contributed by atoms with Gasteiger partial charge in [0.1, 0.15) is 6.10 Å². The Morgan fingerprint density at radius 3 is 2.50 bits per heavy atom. The van der Waals surface area contributed by atoms with Crippen LogP contribution >= 0.6 is 22.9 Å². The van der Waals surface area contributed by atoms with Gasteiger partial charge in [-0.25, -0.2) is 27.7 Å². The van der Waals surface area contributed by atoms with Crippen LogP contribution in [0.2, 0.25) is 5.02 Å². The van der Waals surface area contributed by atoms with Crippen molar-refractivity contribution < 1.29 is 18.3 Å². The van der Waals surface area contributed by atoms with Crippen LogP contribution in [-0.4, -0.2) is 77.4 Å². The standard InChI is InChI=1S/C24H30ClN5O4S2/c25-19-15-26-23(27-16-19)29-8-6-20(7-9-29)34-24-28-21-3-2-18(14-22(21)35-24)17-4-10-30(11-5-17)36(32,33)13-1-12-31/h2-3,14-17,20,31H,1,4-13H2. The fourth-order valence-corrected chi connectivity index (χ4v) is 7.40. The van der Waals surface area contributed by atoms with Gasteiger partial charge in [0.25, 0.3) is 5.19 Å². The summed E-state index contributed by atoms with van der Waals surface area (Å²) in [6.45, 7) is 2.57. The first kappa shape index (κ1) is 25.6. The molecule has 0 unspecified atom stereocenters. The van der Waals surface area contributed by atoms with Gasteiger partial charge in [-0.05, 0) is 42.9 Å². The minimum Gasteiger partial charge on any atom is -0.467 e. The highest BCUT2D eigenvalue weighted by Gasteiger charge is 2.29. The van der Waals surface area contributed by atoms with E-state index in [1.54, 1.807) is 28.0 Å². The average molecular weight is 552 g/mol. The molecule has 2 saturated heterocycles. The van der Waals surface area contributed by atoms with Crippen molar-refractivity contribution in [2.75, 3.05) is 43.4 Å². The molecule has 5 rings (SSSR count). The summed E-state index contributed by atoms with van der Waals surface area (Å²) in [5.41, 5.74) is 2.15. The third kappa shape index (κ3) is 5.91. The van der Waals surface area contributed by atoms with Crippen LogP contribution in [0.4, 0.5) is 5.95 Å². The van der Waals surface area contributed by atoms with Crippen LogP contribution in [0.5, 0.6) is 5.19 Å². The number of aliphatic hydroxyl groups is 1. The van der Waals surface area contributed by atoms with Crippen molar-refractivity contribution in [2.24, 2.45) is 0 Å². The number of aliphatic hydroxyl groups excluding tert-OH is 1. The first-order chi connectivity index (χ1) is 17.4. The third-order valence-electron chi connectivity index (χ3n) is 6.87. The molecule has 0 atom stereocenters. The van der Waals surface area contributed by atoms with Crippen LogP contribution < -0.4 is 9.64 Å². The number of anilines is 1. The first-order valence-corrected chi connectivity index (χ1v) is 15.1. The Hall–Kier alpha value is -2.05. The monoisotopic (exact) mass is 551 g/mol. The van der Waals surface area contributed by atoms with Gasteiger partial charge in [-0.2, -0.15) is 0 Å². The predicted octanol–water partition coefficient (Wildman–Crippen LogP) is 3.68. The molecule has 9 nitrogen and oxygen atoms in total. The van der Waals surface area contributed by atoms with E-state index in [0.717, 1.165) is 49.0 Å². The zero-order valence-electron chi connectivity index (χ0n) is 19.9. The van der Waals surface area contributed by atoms with Crippen molar-refractivity contribution in [3.05, 3.63) is 41.2 Å². The maximum atomic E-state index is 12.4. The second kappa shape index (κ2) is 11.1. The number of piperidine rings is 2. The molecule has 2 aromatic heterocycles. The minimum atomic E-state index is -3.28. The molecule has 3 aromatic rings. The van der Waals surface area contributed by atoms with Gasteiger partial charge in [0, 0.05) is 45.6 Å². The van der Waals surface area contributed by atoms with E-state index in [2.05, 4.69) is 32.0 Å². The molecule has 0 amide bonds. The van der Waals surface area contributed by atoms with Gasteiger partial charge in [-0.1, -0.05) is 29.0 Å².